The fourth-order valence-electron chi connectivity index (χ4n) is 3.92. The Morgan fingerprint density at radius 2 is 1.83 bits per heavy atom. The van der Waals surface area contributed by atoms with Crippen molar-refractivity contribution in [1.82, 2.24) is 15.5 Å². The molecule has 0 aliphatic carbocycles. The summed E-state index contributed by atoms with van der Waals surface area (Å²) in [4.78, 5) is 15.0. The summed E-state index contributed by atoms with van der Waals surface area (Å²) < 4.78 is 10.7. The van der Waals surface area contributed by atoms with Crippen LogP contribution in [0.4, 0.5) is 0 Å². The Morgan fingerprint density at radius 1 is 1.07 bits per heavy atom. The molecule has 0 spiro atoms. The van der Waals surface area contributed by atoms with Crippen molar-refractivity contribution in [2.24, 2.45) is 0 Å². The molecule has 0 aromatic heterocycles. The van der Waals surface area contributed by atoms with Crippen LogP contribution in [0.25, 0.3) is 0 Å². The van der Waals surface area contributed by atoms with Gasteiger partial charge in [0.2, 0.25) is 12.7 Å². The molecule has 6 heteroatoms. The van der Waals surface area contributed by atoms with Crippen molar-refractivity contribution in [2.75, 3.05) is 19.9 Å². The van der Waals surface area contributed by atoms with Gasteiger partial charge >= 0.3 is 0 Å². The maximum absolute atomic E-state index is 12.5. The summed E-state index contributed by atoms with van der Waals surface area (Å²) in [6, 6.07) is 16.5. The highest BCUT2D eigenvalue weighted by atomic mass is 16.7. The minimum absolute atomic E-state index is 0.0226. The number of carbonyl (C=O) groups is 1. The third kappa shape index (κ3) is 5.28. The third-order valence-electron chi connectivity index (χ3n) is 5.62. The molecule has 2 aromatic rings. The lowest BCUT2D eigenvalue weighted by molar-refractivity contribution is -0.123. The van der Waals surface area contributed by atoms with E-state index >= 15 is 0 Å². The second-order valence-electron chi connectivity index (χ2n) is 7.83. The highest BCUT2D eigenvalue weighted by Gasteiger charge is 2.23. The molecular formula is C23H29N3O3. The fourth-order valence-corrected chi connectivity index (χ4v) is 3.92. The zero-order chi connectivity index (χ0) is 20.1. The number of piperidine rings is 1. The van der Waals surface area contributed by atoms with Crippen molar-refractivity contribution in [3.05, 3.63) is 59.7 Å². The number of carbonyl (C=O) groups excluding carboxylic acids is 1. The standard InChI is InChI=1S/C23H29N3O3/c1-17(23(27)24-14-19-7-8-21-22(13-19)29-16-28-21)25-20-9-11-26(12-10-20)15-18-5-3-2-4-6-18/h2-8,13,17,20,25H,9-12,14-16H2,1H3,(H,24,27)/t17-/m0/s1. The minimum Gasteiger partial charge on any atom is -0.454 e. The van der Waals surface area contributed by atoms with Gasteiger partial charge in [-0.1, -0.05) is 36.4 Å². The summed E-state index contributed by atoms with van der Waals surface area (Å²) in [5, 5.41) is 6.51. The van der Waals surface area contributed by atoms with E-state index in [1.807, 2.05) is 25.1 Å². The van der Waals surface area contributed by atoms with Crippen LogP contribution in [-0.4, -0.2) is 42.8 Å². The molecule has 0 bridgehead atoms. The zero-order valence-corrected chi connectivity index (χ0v) is 16.9. The van der Waals surface area contributed by atoms with E-state index in [1.165, 1.54) is 5.56 Å². The largest absolute Gasteiger partial charge is 0.454 e. The summed E-state index contributed by atoms with van der Waals surface area (Å²) in [5.41, 5.74) is 2.36. The van der Waals surface area contributed by atoms with Crippen molar-refractivity contribution in [1.29, 1.82) is 0 Å². The average molecular weight is 396 g/mol. The zero-order valence-electron chi connectivity index (χ0n) is 16.9. The Balaban J connectivity index is 1.18. The van der Waals surface area contributed by atoms with Crippen molar-refractivity contribution in [2.45, 2.75) is 44.9 Å². The molecule has 0 unspecified atom stereocenters. The molecule has 2 heterocycles. The first-order valence-electron chi connectivity index (χ1n) is 10.4. The Bertz CT molecular complexity index is 819. The van der Waals surface area contributed by atoms with Crippen LogP contribution in [0, 0.1) is 0 Å². The van der Waals surface area contributed by atoms with Crippen LogP contribution < -0.4 is 20.1 Å². The molecule has 2 N–H and O–H groups in total. The SMILES string of the molecule is C[C@H](NC1CCN(Cc2ccccc2)CC1)C(=O)NCc1ccc2c(c1)OCO2. The second kappa shape index (κ2) is 9.29. The Hall–Kier alpha value is -2.57. The number of amides is 1. The van der Waals surface area contributed by atoms with Gasteiger partial charge in [-0.05, 0) is 56.1 Å². The number of hydrogen-bond donors (Lipinski definition) is 2. The van der Waals surface area contributed by atoms with Crippen LogP contribution in [0.1, 0.15) is 30.9 Å². The number of benzene rings is 2. The summed E-state index contributed by atoms with van der Waals surface area (Å²) in [6.45, 7) is 5.79. The number of fused-ring (bicyclic) bond motifs is 1. The van der Waals surface area contributed by atoms with Crippen molar-refractivity contribution in [3.63, 3.8) is 0 Å². The molecule has 0 radical (unpaired) electrons. The predicted octanol–water partition coefficient (Wildman–Crippen LogP) is 2.67. The molecule has 154 valence electrons. The van der Waals surface area contributed by atoms with E-state index in [2.05, 4.69) is 45.9 Å². The predicted molar refractivity (Wildman–Crippen MR) is 112 cm³/mol. The van der Waals surface area contributed by atoms with Crippen LogP contribution in [-0.2, 0) is 17.9 Å². The summed E-state index contributed by atoms with van der Waals surface area (Å²) in [6.07, 6.45) is 2.12. The fraction of sp³-hybridized carbons (Fsp3) is 0.435. The van der Waals surface area contributed by atoms with Crippen LogP contribution in [0.3, 0.4) is 0 Å². The van der Waals surface area contributed by atoms with Crippen molar-refractivity contribution < 1.29 is 14.3 Å². The molecule has 2 aromatic carbocycles. The lowest BCUT2D eigenvalue weighted by Crippen LogP contribution is -2.50. The molecule has 2 aliphatic rings. The van der Waals surface area contributed by atoms with Crippen LogP contribution in [0.2, 0.25) is 0 Å². The lowest BCUT2D eigenvalue weighted by Gasteiger charge is -2.33. The van der Waals surface area contributed by atoms with E-state index in [0.29, 0.717) is 12.6 Å². The van der Waals surface area contributed by atoms with Crippen LogP contribution in [0.5, 0.6) is 11.5 Å². The molecule has 1 saturated heterocycles. The maximum Gasteiger partial charge on any atom is 0.237 e. The first-order valence-corrected chi connectivity index (χ1v) is 10.4. The number of ether oxygens (including phenoxy) is 2. The molecule has 1 fully saturated rings. The monoisotopic (exact) mass is 395 g/mol. The Labute approximate surface area is 172 Å². The number of nitrogens with one attached hydrogen (secondary N) is 2. The molecule has 29 heavy (non-hydrogen) atoms. The summed E-state index contributed by atoms with van der Waals surface area (Å²) in [7, 11) is 0. The van der Waals surface area contributed by atoms with E-state index in [0.717, 1.165) is 49.5 Å². The molecule has 1 amide bonds. The van der Waals surface area contributed by atoms with Crippen LogP contribution >= 0.6 is 0 Å². The molecule has 4 rings (SSSR count). The van der Waals surface area contributed by atoms with Gasteiger partial charge in [-0.15, -0.1) is 0 Å². The van der Waals surface area contributed by atoms with E-state index in [-0.39, 0.29) is 18.7 Å². The number of nitrogens with zero attached hydrogens (tertiary/aromatic N) is 1. The van der Waals surface area contributed by atoms with Crippen molar-refractivity contribution in [3.8, 4) is 11.5 Å². The van der Waals surface area contributed by atoms with Gasteiger partial charge in [-0.25, -0.2) is 0 Å². The van der Waals surface area contributed by atoms with Gasteiger partial charge in [0, 0.05) is 19.1 Å². The number of rotatable bonds is 7. The first-order chi connectivity index (χ1) is 14.2. The number of likely N-dealkylation sites (tertiary alicyclic amines) is 1. The van der Waals surface area contributed by atoms with Crippen LogP contribution in [0.15, 0.2) is 48.5 Å². The molecule has 1 atom stereocenters. The van der Waals surface area contributed by atoms with Gasteiger partial charge in [-0.3, -0.25) is 9.69 Å². The second-order valence-corrected chi connectivity index (χ2v) is 7.83. The van der Waals surface area contributed by atoms with Gasteiger partial charge in [0.25, 0.3) is 0 Å². The summed E-state index contributed by atoms with van der Waals surface area (Å²) in [5.74, 6) is 1.52. The average Bonchev–Trinajstić information content (AvgIpc) is 3.22. The van der Waals surface area contributed by atoms with E-state index in [9.17, 15) is 4.79 Å². The molecule has 2 aliphatic heterocycles. The first kappa shape index (κ1) is 19.7. The molecule has 6 nitrogen and oxygen atoms in total. The van der Waals surface area contributed by atoms with Gasteiger partial charge in [0.1, 0.15) is 0 Å². The minimum atomic E-state index is -0.213. The highest BCUT2D eigenvalue weighted by Crippen LogP contribution is 2.32. The normalized spacial score (nSPS) is 17.8. The summed E-state index contributed by atoms with van der Waals surface area (Å²) >= 11 is 0. The smallest absolute Gasteiger partial charge is 0.237 e. The maximum atomic E-state index is 12.5. The van der Waals surface area contributed by atoms with E-state index in [1.54, 1.807) is 0 Å². The van der Waals surface area contributed by atoms with Gasteiger partial charge in [-0.2, -0.15) is 0 Å². The Morgan fingerprint density at radius 3 is 2.62 bits per heavy atom. The van der Waals surface area contributed by atoms with Gasteiger partial charge in [0.05, 0.1) is 6.04 Å². The quantitative estimate of drug-likeness (QED) is 0.755. The van der Waals surface area contributed by atoms with Crippen molar-refractivity contribution >= 4 is 5.91 Å². The van der Waals surface area contributed by atoms with Gasteiger partial charge < -0.3 is 20.1 Å². The number of hydrogen-bond acceptors (Lipinski definition) is 5. The Kier molecular flexibility index (Phi) is 6.32. The molecular weight excluding hydrogens is 366 g/mol. The third-order valence-corrected chi connectivity index (χ3v) is 5.62. The van der Waals surface area contributed by atoms with Gasteiger partial charge in [0.15, 0.2) is 11.5 Å². The van der Waals surface area contributed by atoms with E-state index < -0.39 is 0 Å². The molecule has 0 saturated carbocycles. The highest BCUT2D eigenvalue weighted by molar-refractivity contribution is 5.81. The topological polar surface area (TPSA) is 62.8 Å². The lowest BCUT2D eigenvalue weighted by atomic mass is 10.0. The van der Waals surface area contributed by atoms with E-state index in [4.69, 9.17) is 9.47 Å².